The van der Waals surface area contributed by atoms with Gasteiger partial charge in [0.15, 0.2) is 6.61 Å². The van der Waals surface area contributed by atoms with Gasteiger partial charge >= 0.3 is 0 Å². The van der Waals surface area contributed by atoms with E-state index < -0.39 is 0 Å². The van der Waals surface area contributed by atoms with Crippen LogP contribution in [0.5, 0.6) is 5.75 Å². The van der Waals surface area contributed by atoms with E-state index in [4.69, 9.17) is 39.5 Å². The summed E-state index contributed by atoms with van der Waals surface area (Å²) >= 11 is 18.1. The van der Waals surface area contributed by atoms with E-state index >= 15 is 0 Å². The lowest BCUT2D eigenvalue weighted by Gasteiger charge is -2.11. The highest BCUT2D eigenvalue weighted by Gasteiger charge is 2.11. The number of benzene rings is 3. The van der Waals surface area contributed by atoms with Crippen molar-refractivity contribution in [2.45, 2.75) is 13.8 Å². The van der Waals surface area contributed by atoms with E-state index in [2.05, 4.69) is 10.6 Å². The first kappa shape index (κ1) is 22.9. The highest BCUT2D eigenvalue weighted by molar-refractivity contribution is 6.37. The molecule has 3 aromatic carbocycles. The van der Waals surface area contributed by atoms with E-state index in [1.807, 2.05) is 13.8 Å². The normalized spacial score (nSPS) is 10.5. The Morgan fingerprint density at radius 1 is 0.839 bits per heavy atom. The second kappa shape index (κ2) is 10.1. The van der Waals surface area contributed by atoms with E-state index in [0.717, 1.165) is 11.1 Å². The maximum atomic E-state index is 12.4. The minimum Gasteiger partial charge on any atom is -0.484 e. The van der Waals surface area contributed by atoms with Crippen LogP contribution in [-0.2, 0) is 4.79 Å². The van der Waals surface area contributed by atoms with Gasteiger partial charge in [0.2, 0.25) is 0 Å². The van der Waals surface area contributed by atoms with Crippen LogP contribution < -0.4 is 15.4 Å². The number of hydrogen-bond donors (Lipinski definition) is 2. The Bertz CT molecular complexity index is 1110. The number of carbonyl (C=O) groups excluding carboxylic acids is 2. The summed E-state index contributed by atoms with van der Waals surface area (Å²) in [5, 5.41) is 6.89. The molecule has 0 aliphatic rings. The van der Waals surface area contributed by atoms with Gasteiger partial charge in [0.25, 0.3) is 11.8 Å². The number of rotatable bonds is 6. The van der Waals surface area contributed by atoms with Gasteiger partial charge in [-0.2, -0.15) is 0 Å². The first-order valence-electron chi connectivity index (χ1n) is 9.29. The lowest BCUT2D eigenvalue weighted by atomic mass is 10.1. The number of hydrogen-bond acceptors (Lipinski definition) is 3. The van der Waals surface area contributed by atoms with E-state index in [-0.39, 0.29) is 23.4 Å². The van der Waals surface area contributed by atoms with Gasteiger partial charge < -0.3 is 15.4 Å². The standard InChI is InChI=1S/C23H19Cl3N2O3/c1-13-9-18(10-14(2)22(13)26)31-12-21(29)27-16-4-6-17(7-5-16)28-23(30)19-8-3-15(24)11-20(19)25/h3-11H,12H2,1-2H3,(H,27,29)(H,28,30). The van der Waals surface area contributed by atoms with E-state index in [9.17, 15) is 9.59 Å². The number of halogens is 3. The SMILES string of the molecule is Cc1cc(OCC(=O)Nc2ccc(NC(=O)c3ccc(Cl)cc3Cl)cc2)cc(C)c1Cl. The van der Waals surface area contributed by atoms with Gasteiger partial charge in [-0.15, -0.1) is 0 Å². The fourth-order valence-corrected chi connectivity index (χ4v) is 3.45. The number of amides is 2. The Morgan fingerprint density at radius 2 is 1.42 bits per heavy atom. The molecular weight excluding hydrogens is 459 g/mol. The maximum absolute atomic E-state index is 12.4. The fraction of sp³-hybridized carbons (Fsp3) is 0.130. The molecular formula is C23H19Cl3N2O3. The van der Waals surface area contributed by atoms with Crippen molar-refractivity contribution in [1.29, 1.82) is 0 Å². The van der Waals surface area contributed by atoms with Crippen LogP contribution in [0.1, 0.15) is 21.5 Å². The van der Waals surface area contributed by atoms with Crippen LogP contribution >= 0.6 is 34.8 Å². The summed E-state index contributed by atoms with van der Waals surface area (Å²) in [6, 6.07) is 14.9. The first-order chi connectivity index (χ1) is 14.7. The van der Waals surface area contributed by atoms with Crippen molar-refractivity contribution in [2.24, 2.45) is 0 Å². The number of aryl methyl sites for hydroxylation is 2. The highest BCUT2D eigenvalue weighted by Crippen LogP contribution is 2.26. The molecule has 2 amide bonds. The van der Waals surface area contributed by atoms with Crippen LogP contribution in [0, 0.1) is 13.8 Å². The minimum atomic E-state index is -0.361. The Kier molecular flexibility index (Phi) is 7.44. The van der Waals surface area contributed by atoms with Crippen LogP contribution in [0.4, 0.5) is 11.4 Å². The first-order valence-corrected chi connectivity index (χ1v) is 10.4. The van der Waals surface area contributed by atoms with E-state index in [1.165, 1.54) is 6.07 Å². The van der Waals surface area contributed by atoms with Gasteiger partial charge in [0, 0.05) is 21.4 Å². The van der Waals surface area contributed by atoms with Crippen molar-refractivity contribution in [3.8, 4) is 5.75 Å². The molecule has 3 rings (SSSR count). The van der Waals surface area contributed by atoms with E-state index in [0.29, 0.717) is 32.7 Å². The Morgan fingerprint density at radius 3 is 2.00 bits per heavy atom. The van der Waals surface area contributed by atoms with Gasteiger partial charge in [-0.3, -0.25) is 9.59 Å². The molecule has 0 unspecified atom stereocenters. The number of ether oxygens (including phenoxy) is 1. The maximum Gasteiger partial charge on any atom is 0.262 e. The molecule has 0 fully saturated rings. The Hall–Kier alpha value is -2.73. The van der Waals surface area contributed by atoms with Gasteiger partial charge in [-0.25, -0.2) is 0 Å². The van der Waals surface area contributed by atoms with Crippen molar-refractivity contribution in [2.75, 3.05) is 17.2 Å². The van der Waals surface area contributed by atoms with Crippen LogP contribution in [-0.4, -0.2) is 18.4 Å². The molecule has 0 radical (unpaired) electrons. The zero-order chi connectivity index (χ0) is 22.5. The highest BCUT2D eigenvalue weighted by atomic mass is 35.5. The quantitative estimate of drug-likeness (QED) is 0.424. The Labute approximate surface area is 195 Å². The molecule has 0 saturated heterocycles. The largest absolute Gasteiger partial charge is 0.484 e. The summed E-state index contributed by atoms with van der Waals surface area (Å²) in [4.78, 5) is 24.5. The zero-order valence-electron chi connectivity index (χ0n) is 16.8. The molecule has 160 valence electrons. The Balaban J connectivity index is 1.55. The minimum absolute atomic E-state index is 0.145. The van der Waals surface area contributed by atoms with Gasteiger partial charge in [0.1, 0.15) is 5.75 Å². The summed E-state index contributed by atoms with van der Waals surface area (Å²) in [6.45, 7) is 3.61. The lowest BCUT2D eigenvalue weighted by Crippen LogP contribution is -2.20. The molecule has 2 N–H and O–H groups in total. The summed E-state index contributed by atoms with van der Waals surface area (Å²) in [7, 11) is 0. The molecule has 0 aromatic heterocycles. The second-order valence-electron chi connectivity index (χ2n) is 6.86. The molecule has 5 nitrogen and oxygen atoms in total. The summed E-state index contributed by atoms with van der Waals surface area (Å²) in [5.74, 6) is -0.0936. The van der Waals surface area contributed by atoms with Crippen molar-refractivity contribution in [3.63, 3.8) is 0 Å². The lowest BCUT2D eigenvalue weighted by molar-refractivity contribution is -0.118. The molecule has 0 aliphatic heterocycles. The monoisotopic (exact) mass is 476 g/mol. The van der Waals surface area contributed by atoms with Crippen molar-refractivity contribution >= 4 is 58.0 Å². The van der Waals surface area contributed by atoms with Crippen molar-refractivity contribution < 1.29 is 14.3 Å². The number of carbonyl (C=O) groups is 2. The second-order valence-corrected chi connectivity index (χ2v) is 8.09. The van der Waals surface area contributed by atoms with Crippen molar-refractivity contribution in [1.82, 2.24) is 0 Å². The van der Waals surface area contributed by atoms with Crippen molar-refractivity contribution in [3.05, 3.63) is 86.4 Å². The van der Waals surface area contributed by atoms with Crippen LogP contribution in [0.25, 0.3) is 0 Å². The molecule has 0 heterocycles. The van der Waals surface area contributed by atoms with Crippen LogP contribution in [0.15, 0.2) is 54.6 Å². The molecule has 0 atom stereocenters. The van der Waals surface area contributed by atoms with Crippen LogP contribution in [0.2, 0.25) is 15.1 Å². The van der Waals surface area contributed by atoms with Crippen LogP contribution in [0.3, 0.4) is 0 Å². The molecule has 0 aliphatic carbocycles. The van der Waals surface area contributed by atoms with Gasteiger partial charge in [0.05, 0.1) is 10.6 Å². The number of nitrogens with one attached hydrogen (secondary N) is 2. The third kappa shape index (κ3) is 6.14. The van der Waals surface area contributed by atoms with Gasteiger partial charge in [-0.1, -0.05) is 34.8 Å². The summed E-state index contributed by atoms with van der Waals surface area (Å²) in [6.07, 6.45) is 0. The average molecular weight is 478 g/mol. The molecule has 31 heavy (non-hydrogen) atoms. The fourth-order valence-electron chi connectivity index (χ4n) is 2.84. The molecule has 0 bridgehead atoms. The summed E-state index contributed by atoms with van der Waals surface area (Å²) in [5.41, 5.74) is 3.20. The topological polar surface area (TPSA) is 67.4 Å². The smallest absolute Gasteiger partial charge is 0.262 e. The van der Waals surface area contributed by atoms with Gasteiger partial charge in [-0.05, 0) is 79.6 Å². The predicted molar refractivity (Wildman–Crippen MR) is 126 cm³/mol. The number of anilines is 2. The molecule has 8 heteroatoms. The molecule has 0 saturated carbocycles. The zero-order valence-corrected chi connectivity index (χ0v) is 19.0. The summed E-state index contributed by atoms with van der Waals surface area (Å²) < 4.78 is 5.55. The molecule has 0 spiro atoms. The third-order valence-corrected chi connectivity index (χ3v) is 5.53. The average Bonchev–Trinajstić information content (AvgIpc) is 2.71. The third-order valence-electron chi connectivity index (χ3n) is 4.38. The predicted octanol–water partition coefficient (Wildman–Crippen LogP) is 6.53. The molecule has 3 aromatic rings. The van der Waals surface area contributed by atoms with E-state index in [1.54, 1.807) is 48.5 Å².